The summed E-state index contributed by atoms with van der Waals surface area (Å²) in [4.78, 5) is 57.3. The Morgan fingerprint density at radius 3 is 2.37 bits per heavy atom. The van der Waals surface area contributed by atoms with Gasteiger partial charge in [0.25, 0.3) is 5.91 Å². The first kappa shape index (κ1) is 37.8. The lowest BCUT2D eigenvalue weighted by Gasteiger charge is -2.32. The van der Waals surface area contributed by atoms with E-state index in [0.717, 1.165) is 26.9 Å². The van der Waals surface area contributed by atoms with Crippen molar-refractivity contribution in [2.75, 3.05) is 23.1 Å². The van der Waals surface area contributed by atoms with Gasteiger partial charge >= 0.3 is 0 Å². The maximum Gasteiger partial charge on any atom is 0.264 e. The summed E-state index contributed by atoms with van der Waals surface area (Å²) in [5.41, 5.74) is 3.63. The topological polar surface area (TPSA) is 123 Å². The molecule has 7 rings (SSSR count). The third-order valence-corrected chi connectivity index (χ3v) is 13.9. The molecule has 4 aromatic carbocycles. The lowest BCUT2D eigenvalue weighted by molar-refractivity contribution is -0.150. The number of hydrogen-bond acceptors (Lipinski definition) is 7. The molecule has 0 aliphatic carbocycles. The summed E-state index contributed by atoms with van der Waals surface area (Å²) in [5, 5.41) is 16.1. The van der Waals surface area contributed by atoms with Crippen molar-refractivity contribution in [1.29, 1.82) is 0 Å². The molecule has 0 aromatic heterocycles. The number of hydrazone groups is 1. The zero-order valence-electron chi connectivity index (χ0n) is 30.7. The summed E-state index contributed by atoms with van der Waals surface area (Å²) in [5.74, 6) is -1.04. The maximum absolute atomic E-state index is 15.0. The SMILES string of the molecule is C[C@@H]1[C@@H]([Si](C)(C)O)[C@H](CC(=O)N(CCO)Cc2ccccc2)O[C@@]12C(=O)N(Cc1cccc(N3N=C(c4ccccc4)CCC3=O)c1)c1ccc(Br)cc12. The summed E-state index contributed by atoms with van der Waals surface area (Å²) in [6.45, 7) is 6.09. The Bertz CT molecular complexity index is 2080. The predicted molar refractivity (Wildman–Crippen MR) is 214 cm³/mol. The van der Waals surface area contributed by atoms with Crippen LogP contribution in [0.5, 0.6) is 0 Å². The van der Waals surface area contributed by atoms with Crippen LogP contribution in [0.4, 0.5) is 11.4 Å². The number of rotatable bonds is 11. The van der Waals surface area contributed by atoms with Crippen LogP contribution in [0.15, 0.2) is 113 Å². The predicted octanol–water partition coefficient (Wildman–Crippen LogP) is 6.74. The van der Waals surface area contributed by atoms with Crippen LogP contribution in [-0.4, -0.2) is 65.8 Å². The van der Waals surface area contributed by atoms with Gasteiger partial charge in [0, 0.05) is 47.4 Å². The third kappa shape index (κ3) is 7.20. The van der Waals surface area contributed by atoms with Gasteiger partial charge in [0.15, 0.2) is 13.9 Å². The molecule has 54 heavy (non-hydrogen) atoms. The number of nitrogens with zero attached hydrogens (tertiary/aromatic N) is 4. The van der Waals surface area contributed by atoms with Crippen molar-refractivity contribution in [2.45, 2.75) is 69.6 Å². The molecule has 2 N–H and O–H groups in total. The second-order valence-corrected chi connectivity index (χ2v) is 19.8. The van der Waals surface area contributed by atoms with E-state index in [-0.39, 0.29) is 43.8 Å². The van der Waals surface area contributed by atoms with Crippen molar-refractivity contribution in [3.63, 3.8) is 0 Å². The number of carbonyl (C=O) groups excluding carboxylic acids is 3. The molecule has 3 heterocycles. The molecule has 1 fully saturated rings. The van der Waals surface area contributed by atoms with Crippen LogP contribution in [0.25, 0.3) is 0 Å². The van der Waals surface area contributed by atoms with Crippen LogP contribution in [0.1, 0.15) is 48.4 Å². The highest BCUT2D eigenvalue weighted by Gasteiger charge is 2.66. The van der Waals surface area contributed by atoms with Crippen molar-refractivity contribution >= 4 is 59.1 Å². The van der Waals surface area contributed by atoms with E-state index in [2.05, 4.69) is 15.9 Å². The molecule has 10 nitrogen and oxygen atoms in total. The molecule has 280 valence electrons. The first-order valence-corrected chi connectivity index (χ1v) is 22.2. The highest BCUT2D eigenvalue weighted by atomic mass is 79.9. The lowest BCUT2D eigenvalue weighted by Crippen LogP contribution is -2.46. The Kier molecular flexibility index (Phi) is 10.8. The number of amides is 3. The molecule has 0 radical (unpaired) electrons. The number of carbonyl (C=O) groups is 3. The van der Waals surface area contributed by atoms with Crippen LogP contribution < -0.4 is 9.91 Å². The average molecular weight is 810 g/mol. The molecule has 3 aliphatic heterocycles. The van der Waals surface area contributed by atoms with E-state index in [0.29, 0.717) is 36.3 Å². The van der Waals surface area contributed by atoms with Crippen molar-refractivity contribution in [3.05, 3.63) is 130 Å². The Labute approximate surface area is 325 Å². The van der Waals surface area contributed by atoms with Crippen LogP contribution in [0.3, 0.4) is 0 Å². The monoisotopic (exact) mass is 808 g/mol. The van der Waals surface area contributed by atoms with Gasteiger partial charge in [0.2, 0.25) is 11.8 Å². The van der Waals surface area contributed by atoms with E-state index < -0.39 is 31.5 Å². The Morgan fingerprint density at radius 1 is 0.963 bits per heavy atom. The normalized spacial score (nSPS) is 22.5. The quantitative estimate of drug-likeness (QED) is 0.162. The van der Waals surface area contributed by atoms with Crippen molar-refractivity contribution < 1.29 is 29.0 Å². The molecule has 3 aliphatic rings. The highest BCUT2D eigenvalue weighted by Crippen LogP contribution is 2.60. The molecule has 12 heteroatoms. The largest absolute Gasteiger partial charge is 0.432 e. The Balaban J connectivity index is 1.20. The molecule has 4 atom stereocenters. The number of anilines is 2. The lowest BCUT2D eigenvalue weighted by atomic mass is 9.82. The van der Waals surface area contributed by atoms with E-state index >= 15 is 4.79 Å². The van der Waals surface area contributed by atoms with Crippen molar-refractivity contribution in [1.82, 2.24) is 4.90 Å². The Morgan fingerprint density at radius 2 is 1.67 bits per heavy atom. The molecule has 3 amide bonds. The van der Waals surface area contributed by atoms with Gasteiger partial charge in [0.1, 0.15) is 0 Å². The fraction of sp³-hybridized carbons (Fsp3) is 0.333. The number of ether oxygens (including phenoxy) is 1. The van der Waals surface area contributed by atoms with Crippen LogP contribution in [0.2, 0.25) is 18.6 Å². The average Bonchev–Trinajstić information content (AvgIpc) is 3.58. The maximum atomic E-state index is 15.0. The first-order chi connectivity index (χ1) is 25.9. The van der Waals surface area contributed by atoms with Gasteiger partial charge in [-0.15, -0.1) is 0 Å². The molecule has 0 bridgehead atoms. The number of halogens is 1. The summed E-state index contributed by atoms with van der Waals surface area (Å²) < 4.78 is 7.72. The van der Waals surface area contributed by atoms with E-state index in [9.17, 15) is 19.5 Å². The zero-order chi connectivity index (χ0) is 38.2. The molecular weight excluding hydrogens is 764 g/mol. The molecule has 1 spiro atoms. The van der Waals surface area contributed by atoms with Gasteiger partial charge < -0.3 is 24.4 Å². The summed E-state index contributed by atoms with van der Waals surface area (Å²) in [6, 6.07) is 32.6. The summed E-state index contributed by atoms with van der Waals surface area (Å²) in [6.07, 6.45) is 0.106. The smallest absolute Gasteiger partial charge is 0.264 e. The van der Waals surface area contributed by atoms with Gasteiger partial charge in [-0.05, 0) is 60.1 Å². The standard InChI is InChI=1S/C42H45BrN4O6Si/c1-28-40(54(2,3)52)37(25-39(50)45(21-22-48)26-29-11-6-4-7-12-29)53-42(28)34-24-32(43)17-19-36(34)46(41(42)51)27-30-13-10-16-33(23-30)47-38(49)20-18-35(44-47)31-14-8-5-9-15-31/h4-17,19,23-24,28,37,40,48,52H,18,20-22,25-27H2,1-3H3/t28-,37+,40-,42+/m1/s1. The van der Waals surface area contributed by atoms with E-state index in [1.54, 1.807) is 9.80 Å². The highest BCUT2D eigenvalue weighted by molar-refractivity contribution is 9.10. The van der Waals surface area contributed by atoms with Crippen molar-refractivity contribution in [3.8, 4) is 0 Å². The van der Waals surface area contributed by atoms with Crippen molar-refractivity contribution in [2.24, 2.45) is 11.0 Å². The zero-order valence-corrected chi connectivity index (χ0v) is 33.3. The van der Waals surface area contributed by atoms with Gasteiger partial charge in [-0.25, -0.2) is 5.01 Å². The first-order valence-electron chi connectivity index (χ1n) is 18.4. The second-order valence-electron chi connectivity index (χ2n) is 14.9. The Hall–Kier alpha value is -4.46. The molecule has 0 saturated carbocycles. The number of hydrogen-bond donors (Lipinski definition) is 2. The minimum Gasteiger partial charge on any atom is -0.432 e. The summed E-state index contributed by atoms with van der Waals surface area (Å²) >= 11 is 3.62. The number of fused-ring (bicyclic) bond motifs is 2. The third-order valence-electron chi connectivity index (χ3n) is 10.9. The number of aliphatic hydroxyl groups is 1. The molecule has 0 unspecified atom stereocenters. The van der Waals surface area contributed by atoms with Crippen LogP contribution in [-0.2, 0) is 37.8 Å². The fourth-order valence-corrected chi connectivity index (χ4v) is 11.4. The minimum atomic E-state index is -3.04. The van der Waals surface area contributed by atoms with Gasteiger partial charge in [-0.3, -0.25) is 14.4 Å². The second kappa shape index (κ2) is 15.3. The van der Waals surface area contributed by atoms with Gasteiger partial charge in [-0.1, -0.05) is 95.7 Å². The van der Waals surface area contributed by atoms with Crippen LogP contribution >= 0.6 is 15.9 Å². The van der Waals surface area contributed by atoms with E-state index in [4.69, 9.17) is 9.84 Å². The van der Waals surface area contributed by atoms with Gasteiger partial charge in [0.05, 0.1) is 42.8 Å². The van der Waals surface area contributed by atoms with E-state index in [1.807, 2.05) is 123 Å². The number of aliphatic hydroxyl groups excluding tert-OH is 1. The molecule has 1 saturated heterocycles. The van der Waals surface area contributed by atoms with E-state index in [1.165, 1.54) is 5.01 Å². The summed E-state index contributed by atoms with van der Waals surface area (Å²) in [7, 11) is -3.04. The van der Waals surface area contributed by atoms with Gasteiger partial charge in [-0.2, -0.15) is 5.10 Å². The molecular formula is C42H45BrN4O6Si. The minimum absolute atomic E-state index is 0.0470. The van der Waals surface area contributed by atoms with Crippen LogP contribution in [0, 0.1) is 5.92 Å². The number of benzene rings is 4. The molecule has 4 aromatic rings. The fourth-order valence-electron chi connectivity index (χ4n) is 8.49.